The molecule has 1 aliphatic rings. The number of aromatic nitrogens is 1. The average molecular weight is 505 g/mol. The molecule has 0 unspecified atom stereocenters. The van der Waals surface area contributed by atoms with Crippen molar-refractivity contribution in [1.82, 2.24) is 4.98 Å². The van der Waals surface area contributed by atoms with Gasteiger partial charge in [-0.3, -0.25) is 9.78 Å². The highest BCUT2D eigenvalue weighted by Crippen LogP contribution is 2.38. The summed E-state index contributed by atoms with van der Waals surface area (Å²) in [5.74, 6) is 1.28. The van der Waals surface area contributed by atoms with Gasteiger partial charge in [-0.05, 0) is 47.7 Å². The van der Waals surface area contributed by atoms with E-state index in [2.05, 4.69) is 17.0 Å². The Kier molecular flexibility index (Phi) is 6.68. The van der Waals surface area contributed by atoms with Gasteiger partial charge in [0.1, 0.15) is 11.5 Å². The Morgan fingerprint density at radius 3 is 2.60 bits per heavy atom. The van der Waals surface area contributed by atoms with Crippen molar-refractivity contribution >= 4 is 45.6 Å². The Bertz CT molecular complexity index is 1400. The predicted molar refractivity (Wildman–Crippen MR) is 144 cm³/mol. The molecule has 5 rings (SSSR count). The zero-order valence-electron chi connectivity index (χ0n) is 19.7. The average Bonchev–Trinajstić information content (AvgIpc) is 2.83. The van der Waals surface area contributed by atoms with Gasteiger partial charge >= 0.3 is 0 Å². The molecule has 1 aliphatic heterocycles. The number of carbonyl (C=O) groups excluding carboxylic acids is 1. The van der Waals surface area contributed by atoms with Crippen molar-refractivity contribution < 1.29 is 9.53 Å². The van der Waals surface area contributed by atoms with Crippen LogP contribution in [-0.2, 0) is 11.2 Å². The summed E-state index contributed by atoms with van der Waals surface area (Å²) in [6.07, 6.45) is 3.52. The molecule has 0 bridgehead atoms. The monoisotopic (exact) mass is 504 g/mol. The first-order chi connectivity index (χ1) is 16.9. The first-order valence-corrected chi connectivity index (χ1v) is 12.4. The number of para-hydroxylation sites is 2. The molecule has 0 fully saturated rings. The maximum Gasteiger partial charge on any atom is 0.138 e. The van der Waals surface area contributed by atoms with E-state index in [-0.39, 0.29) is 11.7 Å². The van der Waals surface area contributed by atoms with Crippen LogP contribution in [0.2, 0.25) is 10.0 Å². The number of rotatable bonds is 6. The number of ketones is 1. The smallest absolute Gasteiger partial charge is 0.138 e. The molecule has 3 aromatic carbocycles. The highest BCUT2D eigenvalue weighted by atomic mass is 35.5. The summed E-state index contributed by atoms with van der Waals surface area (Å²) >= 11 is 12.5. The molecule has 0 spiro atoms. The Morgan fingerprint density at radius 2 is 1.83 bits per heavy atom. The normalized spacial score (nSPS) is 14.9. The molecule has 1 aromatic heterocycles. The summed E-state index contributed by atoms with van der Waals surface area (Å²) in [5.41, 5.74) is 5.77. The molecule has 1 atom stereocenters. The van der Waals surface area contributed by atoms with Gasteiger partial charge in [-0.2, -0.15) is 0 Å². The molecule has 0 amide bonds. The number of ether oxygens (including phenoxy) is 1. The minimum atomic E-state index is 0.183. The van der Waals surface area contributed by atoms with Crippen molar-refractivity contribution in [2.75, 3.05) is 25.6 Å². The highest BCUT2D eigenvalue weighted by Gasteiger charge is 2.24. The Balaban J connectivity index is 1.48. The van der Waals surface area contributed by atoms with Crippen LogP contribution in [0, 0.1) is 0 Å². The Labute approximate surface area is 215 Å². The molecule has 4 nitrogen and oxygen atoms in total. The van der Waals surface area contributed by atoms with Gasteiger partial charge in [-0.15, -0.1) is 0 Å². The fraction of sp³-hybridized carbons (Fsp3) is 0.241. The van der Waals surface area contributed by atoms with E-state index >= 15 is 0 Å². The molecule has 178 valence electrons. The summed E-state index contributed by atoms with van der Waals surface area (Å²) in [6, 6.07) is 19.6. The fourth-order valence-corrected chi connectivity index (χ4v) is 5.56. The Hall–Kier alpha value is -3.08. The number of hydrogen-bond donors (Lipinski definition) is 0. The molecule has 6 heteroatoms. The van der Waals surface area contributed by atoms with Crippen LogP contribution in [0.3, 0.4) is 0 Å². The van der Waals surface area contributed by atoms with Gasteiger partial charge in [0.15, 0.2) is 0 Å². The van der Waals surface area contributed by atoms with Gasteiger partial charge in [0.2, 0.25) is 0 Å². The number of pyridine rings is 1. The summed E-state index contributed by atoms with van der Waals surface area (Å²) < 4.78 is 5.77. The molecular weight excluding hydrogens is 479 g/mol. The van der Waals surface area contributed by atoms with Crippen LogP contribution in [0.5, 0.6) is 5.75 Å². The lowest BCUT2D eigenvalue weighted by Crippen LogP contribution is -2.19. The van der Waals surface area contributed by atoms with E-state index in [0.717, 1.165) is 51.0 Å². The minimum absolute atomic E-state index is 0.183. The van der Waals surface area contributed by atoms with E-state index in [9.17, 15) is 4.79 Å². The lowest BCUT2D eigenvalue weighted by molar-refractivity contribution is -0.118. The third kappa shape index (κ3) is 4.86. The molecule has 4 aromatic rings. The summed E-state index contributed by atoms with van der Waals surface area (Å²) in [6.45, 7) is 0.645. The van der Waals surface area contributed by atoms with Crippen LogP contribution >= 0.6 is 23.2 Å². The number of halogens is 2. The molecular formula is C29H26Cl2N2O2. The van der Waals surface area contributed by atoms with E-state index in [1.807, 2.05) is 62.8 Å². The molecule has 0 radical (unpaired) electrons. The first kappa shape index (κ1) is 23.7. The SMILES string of the molecule is CN(C)c1c(CC(=O)C[C@H]2CCOc3ccccc32)cnc2c(-c3cc(Cl)cc(Cl)c3)cccc12. The quantitative estimate of drug-likeness (QED) is 0.275. The summed E-state index contributed by atoms with van der Waals surface area (Å²) in [7, 11) is 4.00. The fourth-order valence-electron chi connectivity index (χ4n) is 5.04. The third-order valence-corrected chi connectivity index (χ3v) is 6.95. The van der Waals surface area contributed by atoms with Crippen LogP contribution in [0.15, 0.2) is 66.9 Å². The van der Waals surface area contributed by atoms with Crippen LogP contribution in [0.25, 0.3) is 22.0 Å². The number of Topliss-reactive ketones (excluding diaryl/α,β-unsaturated/α-hetero) is 1. The Morgan fingerprint density at radius 1 is 1.06 bits per heavy atom. The number of hydrogen-bond acceptors (Lipinski definition) is 4. The van der Waals surface area contributed by atoms with Crippen LogP contribution in [0.1, 0.15) is 29.9 Å². The first-order valence-electron chi connectivity index (χ1n) is 11.7. The molecule has 0 saturated heterocycles. The maximum atomic E-state index is 13.2. The standard InChI is InChI=1S/C29H26Cl2N2O2/c1-33(2)29-20(15-23(34)14-18-10-11-35-27-9-4-3-6-24(18)27)17-32-28-25(7-5-8-26(28)29)19-12-21(30)16-22(31)13-19/h3-9,12-13,16-18H,10-11,14-15H2,1-2H3/t18-/m1/s1. The zero-order valence-corrected chi connectivity index (χ0v) is 21.2. The molecule has 35 heavy (non-hydrogen) atoms. The van der Waals surface area contributed by atoms with Crippen molar-refractivity contribution in [2.45, 2.75) is 25.2 Å². The van der Waals surface area contributed by atoms with Crippen molar-refractivity contribution in [2.24, 2.45) is 0 Å². The third-order valence-electron chi connectivity index (χ3n) is 6.51. The molecule has 0 N–H and O–H groups in total. The summed E-state index contributed by atoms with van der Waals surface area (Å²) in [5, 5.41) is 2.15. The second-order valence-corrected chi connectivity index (χ2v) is 10.1. The zero-order chi connectivity index (χ0) is 24.5. The second-order valence-electron chi connectivity index (χ2n) is 9.18. The number of anilines is 1. The van der Waals surface area contributed by atoms with E-state index in [1.54, 1.807) is 6.07 Å². The van der Waals surface area contributed by atoms with Crippen molar-refractivity contribution in [3.05, 3.63) is 88.0 Å². The lowest BCUT2D eigenvalue weighted by atomic mass is 9.87. The highest BCUT2D eigenvalue weighted by molar-refractivity contribution is 6.35. The van der Waals surface area contributed by atoms with E-state index in [1.165, 1.54) is 0 Å². The van der Waals surface area contributed by atoms with Crippen molar-refractivity contribution in [1.29, 1.82) is 0 Å². The molecule has 0 saturated carbocycles. The van der Waals surface area contributed by atoms with E-state index in [4.69, 9.17) is 32.9 Å². The van der Waals surface area contributed by atoms with Crippen LogP contribution < -0.4 is 9.64 Å². The topological polar surface area (TPSA) is 42.4 Å². The maximum absolute atomic E-state index is 13.2. The van der Waals surface area contributed by atoms with Gasteiger partial charge < -0.3 is 9.64 Å². The minimum Gasteiger partial charge on any atom is -0.493 e. The van der Waals surface area contributed by atoms with Gasteiger partial charge in [-0.25, -0.2) is 0 Å². The largest absolute Gasteiger partial charge is 0.493 e. The summed E-state index contributed by atoms with van der Waals surface area (Å²) in [4.78, 5) is 20.1. The number of carbonyl (C=O) groups is 1. The molecule has 2 heterocycles. The second kappa shape index (κ2) is 9.88. The number of benzene rings is 3. The number of nitrogens with zero attached hydrogens (tertiary/aromatic N) is 2. The van der Waals surface area contributed by atoms with Gasteiger partial charge in [0, 0.05) is 59.7 Å². The lowest BCUT2D eigenvalue weighted by Gasteiger charge is -2.26. The van der Waals surface area contributed by atoms with Gasteiger partial charge in [0.25, 0.3) is 0 Å². The number of fused-ring (bicyclic) bond motifs is 2. The van der Waals surface area contributed by atoms with Gasteiger partial charge in [0.05, 0.1) is 17.8 Å². The van der Waals surface area contributed by atoms with Crippen LogP contribution in [0.4, 0.5) is 5.69 Å². The van der Waals surface area contributed by atoms with Gasteiger partial charge in [-0.1, -0.05) is 59.6 Å². The van der Waals surface area contributed by atoms with Crippen LogP contribution in [-0.4, -0.2) is 31.5 Å². The molecule has 0 aliphatic carbocycles. The van der Waals surface area contributed by atoms with Crippen molar-refractivity contribution in [3.8, 4) is 16.9 Å². The van der Waals surface area contributed by atoms with Crippen molar-refractivity contribution in [3.63, 3.8) is 0 Å². The predicted octanol–water partition coefficient (Wildman–Crippen LogP) is 7.34. The van der Waals surface area contributed by atoms with E-state index in [0.29, 0.717) is 29.5 Å². The van der Waals surface area contributed by atoms with E-state index < -0.39 is 0 Å².